The van der Waals surface area contributed by atoms with Gasteiger partial charge in [0.15, 0.2) is 5.79 Å². The summed E-state index contributed by atoms with van der Waals surface area (Å²) in [6, 6.07) is 16.7. The van der Waals surface area contributed by atoms with Gasteiger partial charge in [-0.1, -0.05) is 49.7 Å². The number of unbranched alkanes of at least 4 members (excludes halogenated alkanes) is 1. The Balaban J connectivity index is 1.76. The van der Waals surface area contributed by atoms with Crippen LogP contribution in [-0.2, 0) is 4.74 Å². The summed E-state index contributed by atoms with van der Waals surface area (Å²) in [5.41, 5.74) is 10.6. The van der Waals surface area contributed by atoms with Crippen molar-refractivity contribution in [2.45, 2.75) is 57.2 Å². The van der Waals surface area contributed by atoms with Gasteiger partial charge < -0.3 is 15.6 Å². The molecule has 3 rings (SSSR count). The SMILES string of the molecule is CCCCOC1(O)CCC(c2cc(N)ccc2-c2ccccc2)CC1. The van der Waals surface area contributed by atoms with Crippen molar-refractivity contribution in [1.29, 1.82) is 0 Å². The Kier molecular flexibility index (Phi) is 5.77. The van der Waals surface area contributed by atoms with Crippen molar-refractivity contribution in [3.05, 3.63) is 54.1 Å². The average Bonchev–Trinajstić information content (AvgIpc) is 2.63. The van der Waals surface area contributed by atoms with Gasteiger partial charge in [-0.15, -0.1) is 0 Å². The number of aliphatic hydroxyl groups is 1. The molecule has 1 aliphatic rings. The summed E-state index contributed by atoms with van der Waals surface area (Å²) in [7, 11) is 0. The lowest BCUT2D eigenvalue weighted by molar-refractivity contribution is -0.222. The zero-order valence-electron chi connectivity index (χ0n) is 15.1. The summed E-state index contributed by atoms with van der Waals surface area (Å²) in [4.78, 5) is 0. The fraction of sp³-hybridized carbons (Fsp3) is 0.455. The van der Waals surface area contributed by atoms with Crippen molar-refractivity contribution in [3.63, 3.8) is 0 Å². The molecule has 0 aliphatic heterocycles. The highest BCUT2D eigenvalue weighted by Gasteiger charge is 2.35. The fourth-order valence-corrected chi connectivity index (χ4v) is 3.73. The van der Waals surface area contributed by atoms with Gasteiger partial charge >= 0.3 is 0 Å². The minimum atomic E-state index is -0.946. The summed E-state index contributed by atoms with van der Waals surface area (Å²) in [6.45, 7) is 2.78. The van der Waals surface area contributed by atoms with Crippen molar-refractivity contribution in [1.82, 2.24) is 0 Å². The van der Waals surface area contributed by atoms with E-state index in [2.05, 4.69) is 43.3 Å². The third-order valence-corrected chi connectivity index (χ3v) is 5.24. The fourth-order valence-electron chi connectivity index (χ4n) is 3.73. The van der Waals surface area contributed by atoms with Gasteiger partial charge in [0, 0.05) is 18.5 Å². The van der Waals surface area contributed by atoms with E-state index >= 15 is 0 Å². The lowest BCUT2D eigenvalue weighted by Crippen LogP contribution is -2.36. The lowest BCUT2D eigenvalue weighted by Gasteiger charge is -2.36. The molecule has 0 bridgehead atoms. The topological polar surface area (TPSA) is 55.5 Å². The smallest absolute Gasteiger partial charge is 0.165 e. The molecule has 3 nitrogen and oxygen atoms in total. The molecule has 25 heavy (non-hydrogen) atoms. The number of nitrogen functional groups attached to an aromatic ring is 1. The normalized spacial score (nSPS) is 23.5. The predicted octanol–water partition coefficient (Wildman–Crippen LogP) is 5.10. The van der Waals surface area contributed by atoms with Crippen LogP contribution in [0.4, 0.5) is 5.69 Å². The molecule has 1 aliphatic carbocycles. The van der Waals surface area contributed by atoms with E-state index in [0.717, 1.165) is 31.4 Å². The molecule has 3 N–H and O–H groups in total. The van der Waals surface area contributed by atoms with Gasteiger partial charge in [0.05, 0.1) is 6.61 Å². The van der Waals surface area contributed by atoms with Crippen molar-refractivity contribution in [2.75, 3.05) is 12.3 Å². The van der Waals surface area contributed by atoms with Gasteiger partial charge in [-0.05, 0) is 54.0 Å². The van der Waals surface area contributed by atoms with Crippen LogP contribution in [0.1, 0.15) is 56.9 Å². The molecule has 0 radical (unpaired) electrons. The van der Waals surface area contributed by atoms with Crippen LogP contribution in [0.2, 0.25) is 0 Å². The number of rotatable bonds is 6. The molecule has 0 saturated heterocycles. The standard InChI is InChI=1S/C22H29NO2/c1-2-3-15-25-22(24)13-11-18(12-14-22)21-16-19(23)9-10-20(21)17-7-5-4-6-8-17/h4-10,16,18,24H,2-3,11-15,23H2,1H3. The quantitative estimate of drug-likeness (QED) is 0.437. The van der Waals surface area contributed by atoms with Crippen LogP contribution in [0.25, 0.3) is 11.1 Å². The summed E-state index contributed by atoms with van der Waals surface area (Å²) < 4.78 is 5.76. The number of anilines is 1. The predicted molar refractivity (Wildman–Crippen MR) is 103 cm³/mol. The zero-order chi connectivity index (χ0) is 17.7. The molecule has 2 aromatic carbocycles. The summed E-state index contributed by atoms with van der Waals surface area (Å²) >= 11 is 0. The molecule has 1 saturated carbocycles. The minimum absolute atomic E-state index is 0.411. The molecule has 134 valence electrons. The van der Waals surface area contributed by atoms with Crippen LogP contribution in [0.15, 0.2) is 48.5 Å². The highest BCUT2D eigenvalue weighted by atomic mass is 16.6. The highest BCUT2D eigenvalue weighted by Crippen LogP contribution is 2.42. The van der Waals surface area contributed by atoms with E-state index in [1.54, 1.807) is 0 Å². The van der Waals surface area contributed by atoms with Crippen LogP contribution >= 0.6 is 0 Å². The molecule has 0 unspecified atom stereocenters. The van der Waals surface area contributed by atoms with Crippen molar-refractivity contribution in [2.24, 2.45) is 0 Å². The molecule has 0 spiro atoms. The van der Waals surface area contributed by atoms with Gasteiger partial charge in [0.2, 0.25) is 0 Å². The second-order valence-corrected chi connectivity index (χ2v) is 7.14. The first-order valence-electron chi connectivity index (χ1n) is 9.42. The Morgan fingerprint density at radius 3 is 2.52 bits per heavy atom. The van der Waals surface area contributed by atoms with E-state index in [1.165, 1.54) is 16.7 Å². The first kappa shape index (κ1) is 18.0. The van der Waals surface area contributed by atoms with Crippen LogP contribution in [0, 0.1) is 0 Å². The van der Waals surface area contributed by atoms with Crippen LogP contribution in [0.3, 0.4) is 0 Å². The van der Waals surface area contributed by atoms with E-state index in [9.17, 15) is 5.11 Å². The van der Waals surface area contributed by atoms with E-state index in [4.69, 9.17) is 10.5 Å². The maximum absolute atomic E-state index is 10.7. The maximum Gasteiger partial charge on any atom is 0.165 e. The largest absolute Gasteiger partial charge is 0.399 e. The Labute approximate surface area is 150 Å². The number of benzene rings is 2. The number of hydrogen-bond donors (Lipinski definition) is 2. The van der Waals surface area contributed by atoms with Crippen LogP contribution in [-0.4, -0.2) is 17.5 Å². The van der Waals surface area contributed by atoms with Crippen LogP contribution in [0.5, 0.6) is 0 Å². The van der Waals surface area contributed by atoms with E-state index < -0.39 is 5.79 Å². The average molecular weight is 339 g/mol. The van der Waals surface area contributed by atoms with E-state index in [0.29, 0.717) is 25.4 Å². The summed E-state index contributed by atoms with van der Waals surface area (Å²) in [5, 5.41) is 10.7. The first-order valence-corrected chi connectivity index (χ1v) is 9.42. The van der Waals surface area contributed by atoms with E-state index in [1.807, 2.05) is 12.1 Å². The second kappa shape index (κ2) is 8.03. The number of ether oxygens (including phenoxy) is 1. The third-order valence-electron chi connectivity index (χ3n) is 5.24. The highest BCUT2D eigenvalue weighted by molar-refractivity contribution is 5.70. The van der Waals surface area contributed by atoms with Gasteiger partial charge in [-0.3, -0.25) is 0 Å². The molecule has 3 heteroatoms. The van der Waals surface area contributed by atoms with Crippen molar-refractivity contribution >= 4 is 5.69 Å². The molecule has 2 aromatic rings. The van der Waals surface area contributed by atoms with Gasteiger partial charge in [0.1, 0.15) is 0 Å². The zero-order valence-corrected chi connectivity index (χ0v) is 15.1. The number of hydrogen-bond acceptors (Lipinski definition) is 3. The Morgan fingerprint density at radius 1 is 1.12 bits per heavy atom. The van der Waals surface area contributed by atoms with E-state index in [-0.39, 0.29) is 0 Å². The number of nitrogens with two attached hydrogens (primary N) is 1. The van der Waals surface area contributed by atoms with Gasteiger partial charge in [-0.2, -0.15) is 0 Å². The molecular formula is C22H29NO2. The Hall–Kier alpha value is -1.84. The van der Waals surface area contributed by atoms with Gasteiger partial charge in [-0.25, -0.2) is 0 Å². The molecular weight excluding hydrogens is 310 g/mol. The van der Waals surface area contributed by atoms with Crippen LogP contribution < -0.4 is 5.73 Å². The molecule has 0 atom stereocenters. The first-order chi connectivity index (χ1) is 12.1. The summed E-state index contributed by atoms with van der Waals surface area (Å²) in [6.07, 6.45) is 5.30. The third kappa shape index (κ3) is 4.42. The molecule has 0 heterocycles. The molecule has 1 fully saturated rings. The van der Waals surface area contributed by atoms with Gasteiger partial charge in [0.25, 0.3) is 0 Å². The lowest BCUT2D eigenvalue weighted by atomic mass is 9.78. The summed E-state index contributed by atoms with van der Waals surface area (Å²) in [5.74, 6) is -0.535. The molecule has 0 aromatic heterocycles. The molecule has 0 amide bonds. The monoisotopic (exact) mass is 339 g/mol. The van der Waals surface area contributed by atoms with Crippen molar-refractivity contribution in [3.8, 4) is 11.1 Å². The Bertz CT molecular complexity index is 676. The minimum Gasteiger partial charge on any atom is -0.399 e. The maximum atomic E-state index is 10.7. The van der Waals surface area contributed by atoms with Crippen molar-refractivity contribution < 1.29 is 9.84 Å². The second-order valence-electron chi connectivity index (χ2n) is 7.14. The Morgan fingerprint density at radius 2 is 1.84 bits per heavy atom.